The van der Waals surface area contributed by atoms with Crippen LogP contribution in [0.25, 0.3) is 0 Å². The summed E-state index contributed by atoms with van der Waals surface area (Å²) in [4.78, 5) is 16.5. The number of nitrogens with one attached hydrogen (secondary N) is 1. The number of carbonyl (C=O) groups is 1. The maximum Gasteiger partial charge on any atom is 0.251 e. The predicted molar refractivity (Wildman–Crippen MR) is 104 cm³/mol. The van der Waals surface area contributed by atoms with E-state index in [-0.39, 0.29) is 11.4 Å². The first-order chi connectivity index (χ1) is 12.1. The van der Waals surface area contributed by atoms with Crippen molar-refractivity contribution in [2.24, 2.45) is 0 Å². The first-order valence-corrected chi connectivity index (χ1v) is 10.6. The zero-order valence-corrected chi connectivity index (χ0v) is 16.3. The summed E-state index contributed by atoms with van der Waals surface area (Å²) in [6, 6.07) is 6.13. The minimum atomic E-state index is 0.0617. The molecule has 1 amide bonds. The molecule has 1 saturated heterocycles. The van der Waals surface area contributed by atoms with E-state index in [4.69, 9.17) is 4.74 Å². The van der Waals surface area contributed by atoms with E-state index in [0.717, 1.165) is 48.9 Å². The predicted octanol–water partition coefficient (Wildman–Crippen LogP) is 3.48. The van der Waals surface area contributed by atoms with Crippen molar-refractivity contribution < 1.29 is 9.53 Å². The van der Waals surface area contributed by atoms with Crippen molar-refractivity contribution in [1.29, 1.82) is 0 Å². The van der Waals surface area contributed by atoms with Gasteiger partial charge in [-0.25, -0.2) is 0 Å². The van der Waals surface area contributed by atoms with Gasteiger partial charge >= 0.3 is 0 Å². The molecule has 2 fully saturated rings. The van der Waals surface area contributed by atoms with Crippen molar-refractivity contribution in [1.82, 2.24) is 10.2 Å². The molecule has 1 aromatic carbocycles. The van der Waals surface area contributed by atoms with Crippen molar-refractivity contribution in [3.63, 3.8) is 0 Å². The second-order valence-electron chi connectivity index (χ2n) is 7.25. The first kappa shape index (κ1) is 18.7. The van der Waals surface area contributed by atoms with Gasteiger partial charge in [0.25, 0.3) is 5.91 Å². The number of hydrogen-bond acceptors (Lipinski definition) is 4. The number of rotatable bonds is 5. The maximum absolute atomic E-state index is 12.8. The summed E-state index contributed by atoms with van der Waals surface area (Å²) in [5, 5.41) is 3.27. The molecule has 0 atom stereocenters. The molecule has 0 aromatic heterocycles. The third kappa shape index (κ3) is 4.39. The lowest BCUT2D eigenvalue weighted by Gasteiger charge is -2.48. The van der Waals surface area contributed by atoms with Gasteiger partial charge in [-0.05, 0) is 43.7 Å². The van der Waals surface area contributed by atoms with Crippen molar-refractivity contribution in [3.8, 4) is 0 Å². The number of thioether (sulfide) groups is 1. The highest BCUT2D eigenvalue weighted by Crippen LogP contribution is 2.34. The maximum atomic E-state index is 12.8. The van der Waals surface area contributed by atoms with Crippen molar-refractivity contribution in [3.05, 3.63) is 29.3 Å². The molecule has 2 aliphatic rings. The van der Waals surface area contributed by atoms with Gasteiger partial charge in [0.1, 0.15) is 0 Å². The van der Waals surface area contributed by atoms with E-state index in [1.165, 1.54) is 32.1 Å². The van der Waals surface area contributed by atoms with Crippen LogP contribution in [0.3, 0.4) is 0 Å². The first-order valence-electron chi connectivity index (χ1n) is 9.40. The third-order valence-corrected chi connectivity index (χ3v) is 6.46. The molecule has 5 heteroatoms. The Balaban J connectivity index is 1.71. The van der Waals surface area contributed by atoms with Crippen LogP contribution >= 0.6 is 11.8 Å². The van der Waals surface area contributed by atoms with Crippen LogP contribution in [0.2, 0.25) is 0 Å². The summed E-state index contributed by atoms with van der Waals surface area (Å²) in [6.07, 6.45) is 8.23. The van der Waals surface area contributed by atoms with E-state index in [1.807, 2.05) is 25.3 Å². The van der Waals surface area contributed by atoms with Crippen LogP contribution in [0.5, 0.6) is 0 Å². The molecular weight excluding hydrogens is 332 g/mol. The minimum Gasteiger partial charge on any atom is -0.379 e. The molecular formula is C20H30N2O2S. The van der Waals surface area contributed by atoms with Gasteiger partial charge in [-0.15, -0.1) is 11.8 Å². The molecule has 4 nitrogen and oxygen atoms in total. The number of amides is 1. The van der Waals surface area contributed by atoms with Crippen LogP contribution in [-0.4, -0.2) is 55.4 Å². The van der Waals surface area contributed by atoms with Crippen molar-refractivity contribution in [2.75, 3.05) is 39.1 Å². The van der Waals surface area contributed by atoms with Gasteiger partial charge in [-0.3, -0.25) is 9.69 Å². The molecule has 138 valence electrons. The Kier molecular flexibility index (Phi) is 6.42. The number of benzene rings is 1. The fourth-order valence-corrected chi connectivity index (χ4v) is 4.60. The fraction of sp³-hybridized carbons (Fsp3) is 0.650. The summed E-state index contributed by atoms with van der Waals surface area (Å²) in [7, 11) is 0. The molecule has 0 bridgehead atoms. The second kappa shape index (κ2) is 8.56. The number of hydrogen-bond donors (Lipinski definition) is 1. The monoisotopic (exact) mass is 362 g/mol. The van der Waals surface area contributed by atoms with Crippen molar-refractivity contribution in [2.45, 2.75) is 49.5 Å². The van der Waals surface area contributed by atoms with E-state index in [0.29, 0.717) is 0 Å². The van der Waals surface area contributed by atoms with E-state index in [1.54, 1.807) is 11.8 Å². The SMILES string of the molecule is CSc1ccc(C)c(C(=O)NCC2(N3CCOCC3)CCCCC2)c1. The smallest absolute Gasteiger partial charge is 0.251 e. The van der Waals surface area contributed by atoms with E-state index < -0.39 is 0 Å². The lowest BCUT2D eigenvalue weighted by atomic mass is 9.79. The Morgan fingerprint density at radius 1 is 1.24 bits per heavy atom. The molecule has 0 spiro atoms. The van der Waals surface area contributed by atoms with Crippen molar-refractivity contribution >= 4 is 17.7 Å². The number of nitrogens with zero attached hydrogens (tertiary/aromatic N) is 1. The number of morpholine rings is 1. The van der Waals surface area contributed by atoms with Crippen LogP contribution in [0, 0.1) is 6.92 Å². The molecule has 25 heavy (non-hydrogen) atoms. The quantitative estimate of drug-likeness (QED) is 0.814. The lowest BCUT2D eigenvalue weighted by molar-refractivity contribution is -0.0361. The molecule has 1 aliphatic heterocycles. The molecule has 1 saturated carbocycles. The van der Waals surface area contributed by atoms with Crippen LogP contribution < -0.4 is 5.32 Å². The van der Waals surface area contributed by atoms with Gasteiger partial charge in [0, 0.05) is 35.6 Å². The normalized spacial score (nSPS) is 21.0. The van der Waals surface area contributed by atoms with Crippen LogP contribution in [0.15, 0.2) is 23.1 Å². The Morgan fingerprint density at radius 3 is 2.64 bits per heavy atom. The average molecular weight is 363 g/mol. The molecule has 1 heterocycles. The summed E-state index contributed by atoms with van der Waals surface area (Å²) in [5.74, 6) is 0.0617. The molecule has 1 aliphatic carbocycles. The Labute approximate surface area is 155 Å². The minimum absolute atomic E-state index is 0.0617. The van der Waals surface area contributed by atoms with Crippen LogP contribution in [0.4, 0.5) is 0 Å². The summed E-state index contributed by atoms with van der Waals surface area (Å²) < 4.78 is 5.54. The molecule has 0 radical (unpaired) electrons. The van der Waals surface area contributed by atoms with E-state index in [9.17, 15) is 4.79 Å². The third-order valence-electron chi connectivity index (χ3n) is 5.73. The van der Waals surface area contributed by atoms with Crippen LogP contribution in [0.1, 0.15) is 48.0 Å². The van der Waals surface area contributed by atoms with Gasteiger partial charge < -0.3 is 10.1 Å². The second-order valence-corrected chi connectivity index (χ2v) is 8.13. The fourth-order valence-electron chi connectivity index (χ4n) is 4.17. The molecule has 1 aromatic rings. The van der Waals surface area contributed by atoms with E-state index >= 15 is 0 Å². The zero-order chi connectivity index (χ0) is 17.7. The van der Waals surface area contributed by atoms with Gasteiger partial charge in [0.2, 0.25) is 0 Å². The van der Waals surface area contributed by atoms with E-state index in [2.05, 4.69) is 16.3 Å². The largest absolute Gasteiger partial charge is 0.379 e. The Bertz CT molecular complexity index is 593. The number of ether oxygens (including phenoxy) is 1. The highest BCUT2D eigenvalue weighted by atomic mass is 32.2. The molecule has 0 unspecified atom stereocenters. The van der Waals surface area contributed by atoms with Gasteiger partial charge in [0.15, 0.2) is 0 Å². The van der Waals surface area contributed by atoms with Crippen LogP contribution in [-0.2, 0) is 4.74 Å². The zero-order valence-electron chi connectivity index (χ0n) is 15.5. The highest BCUT2D eigenvalue weighted by molar-refractivity contribution is 7.98. The summed E-state index contributed by atoms with van der Waals surface area (Å²) >= 11 is 1.68. The topological polar surface area (TPSA) is 41.6 Å². The number of carbonyl (C=O) groups excluding carboxylic acids is 1. The standard InChI is InChI=1S/C20H30N2O2S/c1-16-6-7-17(25-2)14-18(16)19(23)21-15-20(8-4-3-5-9-20)22-10-12-24-13-11-22/h6-7,14H,3-5,8-13,15H2,1-2H3,(H,21,23). The van der Waals surface area contributed by atoms with Gasteiger partial charge in [-0.2, -0.15) is 0 Å². The van der Waals surface area contributed by atoms with Gasteiger partial charge in [-0.1, -0.05) is 25.3 Å². The van der Waals surface area contributed by atoms with Gasteiger partial charge in [0.05, 0.1) is 13.2 Å². The highest BCUT2D eigenvalue weighted by Gasteiger charge is 2.38. The lowest BCUT2D eigenvalue weighted by Crippen LogP contribution is -2.59. The Morgan fingerprint density at radius 2 is 1.96 bits per heavy atom. The summed E-state index contributed by atoms with van der Waals surface area (Å²) in [5.41, 5.74) is 1.96. The molecule has 1 N–H and O–H groups in total. The Hall–Kier alpha value is -1.04. The molecule has 3 rings (SSSR count). The summed E-state index contributed by atoms with van der Waals surface area (Å²) in [6.45, 7) is 6.34. The average Bonchev–Trinajstić information content (AvgIpc) is 2.68. The number of aryl methyl sites for hydroxylation is 1.